The van der Waals surface area contributed by atoms with E-state index < -0.39 is 16.1 Å². The number of hydrogen-bond acceptors (Lipinski definition) is 6. The first kappa shape index (κ1) is 22.2. The second-order valence-electron chi connectivity index (χ2n) is 7.83. The molecule has 1 aliphatic heterocycles. The fourth-order valence-corrected chi connectivity index (χ4v) is 5.38. The van der Waals surface area contributed by atoms with E-state index in [-0.39, 0.29) is 16.5 Å². The minimum atomic E-state index is -3.81. The molecule has 1 N–H and O–H groups in total. The van der Waals surface area contributed by atoms with E-state index in [4.69, 9.17) is 12.2 Å². The summed E-state index contributed by atoms with van der Waals surface area (Å²) in [6.07, 6.45) is 3.52. The van der Waals surface area contributed by atoms with Crippen molar-refractivity contribution in [3.8, 4) is 0 Å². The molecule has 0 bridgehead atoms. The number of fused-ring (bicyclic) bond motifs is 1. The zero-order valence-electron chi connectivity index (χ0n) is 17.7. The van der Waals surface area contributed by atoms with Crippen molar-refractivity contribution < 1.29 is 18.3 Å². The van der Waals surface area contributed by atoms with Gasteiger partial charge in [-0.1, -0.05) is 29.9 Å². The standard InChI is InChI=1S/C21H23N5O4S2/c1-14-5-7-16(8-6-14)32(29,30)26-11-9-17-19(26)22-12-18(23-17)24(2)20(31)15-4-3-10-25(13-15)21(27)28/h5-9,11-12,15H,3-4,10,13H2,1-2H3,(H,27,28). The number of benzene rings is 1. The minimum absolute atomic E-state index is 0.0936. The zero-order valence-corrected chi connectivity index (χ0v) is 19.3. The van der Waals surface area contributed by atoms with E-state index in [0.29, 0.717) is 29.4 Å². The van der Waals surface area contributed by atoms with Crippen LogP contribution in [0.25, 0.3) is 11.2 Å². The molecule has 3 heterocycles. The average molecular weight is 474 g/mol. The summed E-state index contributed by atoms with van der Waals surface area (Å²) < 4.78 is 27.2. The molecule has 0 radical (unpaired) electrons. The monoisotopic (exact) mass is 473 g/mol. The van der Waals surface area contributed by atoms with Crippen molar-refractivity contribution in [1.29, 1.82) is 0 Å². The van der Waals surface area contributed by atoms with Gasteiger partial charge in [0.05, 0.1) is 16.1 Å². The highest BCUT2D eigenvalue weighted by atomic mass is 32.2. The number of likely N-dealkylation sites (tertiary alicyclic amines) is 1. The van der Waals surface area contributed by atoms with Crippen LogP contribution in [0.5, 0.6) is 0 Å². The number of amides is 1. The third-order valence-electron chi connectivity index (χ3n) is 5.64. The van der Waals surface area contributed by atoms with Crippen LogP contribution in [0.4, 0.5) is 10.6 Å². The van der Waals surface area contributed by atoms with Crippen LogP contribution >= 0.6 is 12.2 Å². The molecule has 0 aliphatic carbocycles. The summed E-state index contributed by atoms with van der Waals surface area (Å²) in [7, 11) is -2.04. The lowest BCUT2D eigenvalue weighted by Crippen LogP contribution is -2.45. The molecule has 32 heavy (non-hydrogen) atoms. The zero-order chi connectivity index (χ0) is 23.0. The van der Waals surface area contributed by atoms with Gasteiger partial charge in [-0.25, -0.2) is 27.2 Å². The SMILES string of the molecule is Cc1ccc(S(=O)(=O)n2ccc3nc(N(C)C(=S)C4CCCN(C(=O)O)C4)cnc32)cc1. The highest BCUT2D eigenvalue weighted by molar-refractivity contribution is 7.90. The second-order valence-corrected chi connectivity index (χ2v) is 10.1. The quantitative estimate of drug-likeness (QED) is 0.576. The fourth-order valence-electron chi connectivity index (χ4n) is 3.80. The highest BCUT2D eigenvalue weighted by Crippen LogP contribution is 2.25. The molecule has 9 nitrogen and oxygen atoms in total. The van der Waals surface area contributed by atoms with Crippen LogP contribution in [-0.4, -0.2) is 63.6 Å². The van der Waals surface area contributed by atoms with E-state index in [1.165, 1.54) is 17.3 Å². The predicted molar refractivity (Wildman–Crippen MR) is 125 cm³/mol. The first-order valence-corrected chi connectivity index (χ1v) is 11.9. The lowest BCUT2D eigenvalue weighted by atomic mass is 9.97. The Bertz CT molecular complexity index is 1290. The van der Waals surface area contributed by atoms with Crippen molar-refractivity contribution in [2.24, 2.45) is 5.92 Å². The first-order valence-electron chi connectivity index (χ1n) is 10.1. The molecule has 1 saturated heterocycles. The van der Waals surface area contributed by atoms with Crippen LogP contribution in [-0.2, 0) is 10.0 Å². The van der Waals surface area contributed by atoms with Gasteiger partial charge >= 0.3 is 6.09 Å². The van der Waals surface area contributed by atoms with Gasteiger partial charge in [-0.05, 0) is 38.0 Å². The Morgan fingerprint density at radius 1 is 1.25 bits per heavy atom. The topological polar surface area (TPSA) is 109 Å². The van der Waals surface area contributed by atoms with Gasteiger partial charge in [-0.2, -0.15) is 0 Å². The molecule has 1 aliphatic rings. The van der Waals surface area contributed by atoms with Crippen molar-refractivity contribution in [3.63, 3.8) is 0 Å². The summed E-state index contributed by atoms with van der Waals surface area (Å²) in [5, 5.41) is 9.27. The van der Waals surface area contributed by atoms with Gasteiger partial charge in [-0.15, -0.1) is 0 Å². The minimum Gasteiger partial charge on any atom is -0.465 e. The van der Waals surface area contributed by atoms with Gasteiger partial charge in [-0.3, -0.25) is 0 Å². The van der Waals surface area contributed by atoms with Gasteiger partial charge < -0.3 is 14.9 Å². The van der Waals surface area contributed by atoms with Gasteiger partial charge in [0.2, 0.25) is 0 Å². The molecule has 2 aromatic heterocycles. The van der Waals surface area contributed by atoms with Crippen LogP contribution in [0.1, 0.15) is 18.4 Å². The Kier molecular flexibility index (Phi) is 5.87. The summed E-state index contributed by atoms with van der Waals surface area (Å²) in [6.45, 7) is 2.74. The number of rotatable bonds is 4. The number of nitrogens with zero attached hydrogens (tertiary/aromatic N) is 5. The van der Waals surface area contributed by atoms with E-state index in [1.54, 1.807) is 42.3 Å². The van der Waals surface area contributed by atoms with Crippen LogP contribution in [0.2, 0.25) is 0 Å². The van der Waals surface area contributed by atoms with Crippen molar-refractivity contribution in [1.82, 2.24) is 18.8 Å². The maximum Gasteiger partial charge on any atom is 0.407 e. The van der Waals surface area contributed by atoms with E-state index >= 15 is 0 Å². The van der Waals surface area contributed by atoms with Crippen molar-refractivity contribution in [2.75, 3.05) is 25.0 Å². The largest absolute Gasteiger partial charge is 0.465 e. The Morgan fingerprint density at radius 2 is 1.97 bits per heavy atom. The van der Waals surface area contributed by atoms with E-state index in [2.05, 4.69) is 9.97 Å². The molecule has 1 amide bonds. The number of thiocarbonyl (C=S) groups is 1. The molecule has 1 atom stereocenters. The average Bonchev–Trinajstić information content (AvgIpc) is 3.22. The maximum absolute atomic E-state index is 13.1. The molecule has 1 aromatic carbocycles. The van der Waals surface area contributed by atoms with Crippen molar-refractivity contribution in [3.05, 3.63) is 48.3 Å². The summed E-state index contributed by atoms with van der Waals surface area (Å²) in [5.74, 6) is 0.379. The third kappa shape index (κ3) is 4.05. The number of piperidine rings is 1. The summed E-state index contributed by atoms with van der Waals surface area (Å²) in [4.78, 5) is 24.0. The number of aryl methyl sites for hydroxylation is 1. The van der Waals surface area contributed by atoms with Gasteiger partial charge in [0, 0.05) is 32.3 Å². The maximum atomic E-state index is 13.1. The molecular formula is C21H23N5O4S2. The summed E-state index contributed by atoms with van der Waals surface area (Å²) >= 11 is 5.62. The lowest BCUT2D eigenvalue weighted by molar-refractivity contribution is 0.129. The summed E-state index contributed by atoms with van der Waals surface area (Å²) in [6, 6.07) is 8.22. The normalized spacial score (nSPS) is 16.8. The van der Waals surface area contributed by atoms with Crippen LogP contribution in [0, 0.1) is 12.8 Å². The Morgan fingerprint density at radius 3 is 2.66 bits per heavy atom. The molecule has 168 valence electrons. The van der Waals surface area contributed by atoms with E-state index in [9.17, 15) is 18.3 Å². The molecular weight excluding hydrogens is 450 g/mol. The molecule has 1 fully saturated rings. The second kappa shape index (κ2) is 8.47. The van der Waals surface area contributed by atoms with Crippen molar-refractivity contribution >= 4 is 50.3 Å². The highest BCUT2D eigenvalue weighted by Gasteiger charge is 2.29. The molecule has 1 unspecified atom stereocenters. The number of aromatic nitrogens is 3. The Hall–Kier alpha value is -3.05. The van der Waals surface area contributed by atoms with Crippen LogP contribution in [0.15, 0.2) is 47.6 Å². The molecule has 11 heteroatoms. The lowest BCUT2D eigenvalue weighted by Gasteiger charge is -2.33. The fraction of sp³-hybridized carbons (Fsp3) is 0.333. The number of carboxylic acid groups (broad SMARTS) is 1. The number of hydrogen-bond donors (Lipinski definition) is 1. The predicted octanol–water partition coefficient (Wildman–Crippen LogP) is 3.13. The molecule has 0 spiro atoms. The smallest absolute Gasteiger partial charge is 0.407 e. The van der Waals surface area contributed by atoms with E-state index in [1.807, 2.05) is 6.92 Å². The third-order valence-corrected chi connectivity index (χ3v) is 7.92. The number of carbonyl (C=O) groups is 1. The Labute approximate surface area is 191 Å². The van der Waals surface area contributed by atoms with Gasteiger partial charge in [0.25, 0.3) is 10.0 Å². The van der Waals surface area contributed by atoms with E-state index in [0.717, 1.165) is 22.4 Å². The van der Waals surface area contributed by atoms with Gasteiger partial charge in [0.1, 0.15) is 5.52 Å². The molecule has 3 aromatic rings. The number of anilines is 1. The van der Waals surface area contributed by atoms with Gasteiger partial charge in [0.15, 0.2) is 11.5 Å². The Balaban J connectivity index is 1.60. The van der Waals surface area contributed by atoms with Crippen LogP contribution < -0.4 is 4.90 Å². The molecule has 0 saturated carbocycles. The molecule has 4 rings (SSSR count). The summed E-state index contributed by atoms with van der Waals surface area (Å²) in [5.41, 5.74) is 1.61. The first-order chi connectivity index (χ1) is 15.2. The van der Waals surface area contributed by atoms with Crippen LogP contribution in [0.3, 0.4) is 0 Å². The van der Waals surface area contributed by atoms with Crippen molar-refractivity contribution in [2.45, 2.75) is 24.7 Å².